The van der Waals surface area contributed by atoms with E-state index in [0.29, 0.717) is 5.41 Å². The topological polar surface area (TPSA) is 12.4 Å². The molecule has 0 amide bonds. The van der Waals surface area contributed by atoms with E-state index >= 15 is 0 Å². The van der Waals surface area contributed by atoms with Crippen LogP contribution in [0.5, 0.6) is 0 Å². The minimum Gasteiger partial charge on any atom is -0.294 e. The number of nitrogens with zero attached hydrogens (tertiary/aromatic N) is 1. The van der Waals surface area contributed by atoms with Gasteiger partial charge in [-0.05, 0) is 25.2 Å². The molecule has 0 saturated carbocycles. The van der Waals surface area contributed by atoms with Gasteiger partial charge in [0.2, 0.25) is 0 Å². The average Bonchev–Trinajstić information content (AvgIpc) is 2.46. The second-order valence-electron chi connectivity index (χ2n) is 3.93. The zero-order chi connectivity index (χ0) is 10.5. The molecule has 0 saturated heterocycles. The molecule has 1 aliphatic rings. The summed E-state index contributed by atoms with van der Waals surface area (Å²) in [7, 11) is 0. The van der Waals surface area contributed by atoms with Crippen LogP contribution >= 0.6 is 0 Å². The van der Waals surface area contributed by atoms with Crippen LogP contribution in [0.3, 0.4) is 0 Å². The molecule has 1 heterocycles. The van der Waals surface area contributed by atoms with Gasteiger partial charge in [-0.3, -0.25) is 4.99 Å². The van der Waals surface area contributed by atoms with Crippen LogP contribution in [0.25, 0.3) is 0 Å². The lowest BCUT2D eigenvalue weighted by Crippen LogP contribution is -2.27. The van der Waals surface area contributed by atoms with Gasteiger partial charge < -0.3 is 0 Å². The van der Waals surface area contributed by atoms with E-state index in [1.165, 1.54) is 18.6 Å². The van der Waals surface area contributed by atoms with E-state index < -0.39 is 0 Å². The molecule has 13 heavy (non-hydrogen) atoms. The predicted octanol–water partition coefficient (Wildman–Crippen LogP) is 3.93. The highest BCUT2D eigenvalue weighted by atomic mass is 14.8. The van der Waals surface area contributed by atoms with E-state index in [2.05, 4.69) is 32.7 Å². The second kappa shape index (κ2) is 5.41. The monoisotopic (exact) mass is 183 g/mol. The third kappa shape index (κ3) is 2.55. The number of hydrogen-bond donors (Lipinski definition) is 0. The lowest BCUT2D eigenvalue weighted by Gasteiger charge is -2.29. The minimum absolute atomic E-state index is 0.471. The Morgan fingerprint density at radius 2 is 1.92 bits per heavy atom. The smallest absolute Gasteiger partial charge is 0.0448 e. The Kier molecular flexibility index (Phi) is 5.27. The van der Waals surface area contributed by atoms with Crippen molar-refractivity contribution in [3.8, 4) is 0 Å². The molecule has 1 nitrogen and oxygen atoms in total. The largest absolute Gasteiger partial charge is 0.294 e. The van der Waals surface area contributed by atoms with E-state index in [1.807, 2.05) is 13.8 Å². The van der Waals surface area contributed by atoms with E-state index in [4.69, 9.17) is 0 Å². The SMILES string of the molecule is CC.CCC1C(C)=NCC1(C)CC. The highest BCUT2D eigenvalue weighted by Crippen LogP contribution is 2.39. The summed E-state index contributed by atoms with van der Waals surface area (Å²) in [4.78, 5) is 4.53. The molecule has 0 N–H and O–H groups in total. The van der Waals surface area contributed by atoms with Crippen LogP contribution in [0.4, 0.5) is 0 Å². The van der Waals surface area contributed by atoms with Gasteiger partial charge in [0, 0.05) is 18.2 Å². The van der Waals surface area contributed by atoms with Crippen LogP contribution in [0.1, 0.15) is 54.4 Å². The predicted molar refractivity (Wildman–Crippen MR) is 61.5 cm³/mol. The third-order valence-corrected chi connectivity index (χ3v) is 3.25. The maximum atomic E-state index is 4.53. The fourth-order valence-electron chi connectivity index (χ4n) is 2.18. The quantitative estimate of drug-likeness (QED) is 0.615. The summed E-state index contributed by atoms with van der Waals surface area (Å²) in [5, 5.41) is 0. The van der Waals surface area contributed by atoms with Crippen LogP contribution < -0.4 is 0 Å². The summed E-state index contributed by atoms with van der Waals surface area (Å²) in [5.41, 5.74) is 1.84. The fraction of sp³-hybridized carbons (Fsp3) is 0.917. The second-order valence-corrected chi connectivity index (χ2v) is 3.93. The molecule has 0 aliphatic carbocycles. The highest BCUT2D eigenvalue weighted by molar-refractivity contribution is 5.86. The zero-order valence-electron chi connectivity index (χ0n) is 10.1. The minimum atomic E-state index is 0.471. The lowest BCUT2D eigenvalue weighted by atomic mass is 9.74. The first kappa shape index (κ1) is 12.7. The molecule has 0 aromatic rings. The Balaban J connectivity index is 0.000000671. The van der Waals surface area contributed by atoms with Crippen molar-refractivity contribution in [3.63, 3.8) is 0 Å². The van der Waals surface area contributed by atoms with Crippen molar-refractivity contribution in [2.75, 3.05) is 6.54 Å². The number of hydrogen-bond acceptors (Lipinski definition) is 1. The summed E-state index contributed by atoms with van der Waals surface area (Å²) in [6, 6.07) is 0. The first-order valence-corrected chi connectivity index (χ1v) is 5.65. The molecule has 0 fully saturated rings. The van der Waals surface area contributed by atoms with E-state index in [1.54, 1.807) is 0 Å². The van der Waals surface area contributed by atoms with Gasteiger partial charge in [0.05, 0.1) is 0 Å². The first-order valence-electron chi connectivity index (χ1n) is 5.65. The van der Waals surface area contributed by atoms with Gasteiger partial charge in [-0.15, -0.1) is 0 Å². The van der Waals surface area contributed by atoms with Crippen molar-refractivity contribution in [3.05, 3.63) is 0 Å². The molecular weight excluding hydrogens is 158 g/mol. The van der Waals surface area contributed by atoms with Crippen LogP contribution in [-0.4, -0.2) is 12.3 Å². The Morgan fingerprint density at radius 1 is 1.38 bits per heavy atom. The summed E-state index contributed by atoms with van der Waals surface area (Å²) in [6.07, 6.45) is 2.51. The molecule has 1 aliphatic heterocycles. The maximum absolute atomic E-state index is 4.53. The standard InChI is InChI=1S/C10H19N.C2H6/c1-5-9-8(3)11-7-10(9,4)6-2;1-2/h9H,5-7H2,1-4H3;1-2H3. The Bertz CT molecular complexity index is 172. The number of aliphatic imine (C=N–C) groups is 1. The molecular formula is C12H25N. The van der Waals surface area contributed by atoms with Gasteiger partial charge in [-0.2, -0.15) is 0 Å². The van der Waals surface area contributed by atoms with Crippen LogP contribution in [0.15, 0.2) is 4.99 Å². The summed E-state index contributed by atoms with van der Waals surface area (Å²) in [5.74, 6) is 0.743. The van der Waals surface area contributed by atoms with Crippen molar-refractivity contribution < 1.29 is 0 Å². The van der Waals surface area contributed by atoms with Gasteiger partial charge in [0.15, 0.2) is 0 Å². The van der Waals surface area contributed by atoms with Crippen molar-refractivity contribution in [2.24, 2.45) is 16.3 Å². The van der Waals surface area contributed by atoms with E-state index in [0.717, 1.165) is 12.5 Å². The molecule has 0 spiro atoms. The van der Waals surface area contributed by atoms with Crippen LogP contribution in [0, 0.1) is 11.3 Å². The molecule has 1 rings (SSSR count). The fourth-order valence-corrected chi connectivity index (χ4v) is 2.18. The van der Waals surface area contributed by atoms with Crippen molar-refractivity contribution in [2.45, 2.75) is 54.4 Å². The molecule has 0 bridgehead atoms. The molecule has 0 radical (unpaired) electrons. The molecule has 1 heteroatoms. The lowest BCUT2D eigenvalue weighted by molar-refractivity contribution is 0.261. The first-order chi connectivity index (χ1) is 6.14. The molecule has 0 aromatic carbocycles. The van der Waals surface area contributed by atoms with Crippen molar-refractivity contribution in [1.29, 1.82) is 0 Å². The maximum Gasteiger partial charge on any atom is 0.0448 e. The summed E-state index contributed by atoms with van der Waals surface area (Å²) < 4.78 is 0. The van der Waals surface area contributed by atoms with Gasteiger partial charge in [-0.1, -0.05) is 34.6 Å². The normalized spacial score (nSPS) is 32.2. The Morgan fingerprint density at radius 3 is 2.23 bits per heavy atom. The highest BCUT2D eigenvalue weighted by Gasteiger charge is 2.36. The van der Waals surface area contributed by atoms with Crippen molar-refractivity contribution in [1.82, 2.24) is 0 Å². The van der Waals surface area contributed by atoms with E-state index in [-0.39, 0.29) is 0 Å². The zero-order valence-corrected chi connectivity index (χ0v) is 10.1. The van der Waals surface area contributed by atoms with Gasteiger partial charge in [-0.25, -0.2) is 0 Å². The van der Waals surface area contributed by atoms with Gasteiger partial charge in [0.1, 0.15) is 0 Å². The average molecular weight is 183 g/mol. The molecule has 0 aromatic heterocycles. The van der Waals surface area contributed by atoms with Crippen LogP contribution in [-0.2, 0) is 0 Å². The summed E-state index contributed by atoms with van der Waals surface area (Å²) in [6.45, 7) is 14.1. The van der Waals surface area contributed by atoms with Crippen molar-refractivity contribution >= 4 is 5.71 Å². The Labute approximate surface area is 83.6 Å². The van der Waals surface area contributed by atoms with Crippen LogP contribution in [0.2, 0.25) is 0 Å². The molecule has 78 valence electrons. The van der Waals surface area contributed by atoms with Gasteiger partial charge >= 0.3 is 0 Å². The van der Waals surface area contributed by atoms with Gasteiger partial charge in [0.25, 0.3) is 0 Å². The third-order valence-electron chi connectivity index (χ3n) is 3.25. The molecule has 2 atom stereocenters. The summed E-state index contributed by atoms with van der Waals surface area (Å²) >= 11 is 0. The molecule has 2 unspecified atom stereocenters. The number of rotatable bonds is 2. The van der Waals surface area contributed by atoms with E-state index in [9.17, 15) is 0 Å². The Hall–Kier alpha value is -0.330.